The van der Waals surface area contributed by atoms with Crippen molar-refractivity contribution in [3.63, 3.8) is 0 Å². The van der Waals surface area contributed by atoms with Crippen molar-refractivity contribution in [2.75, 3.05) is 0 Å². The van der Waals surface area contributed by atoms with Crippen LogP contribution < -0.4 is 5.32 Å². The third kappa shape index (κ3) is 2.66. The van der Waals surface area contributed by atoms with E-state index >= 15 is 0 Å². The van der Waals surface area contributed by atoms with Crippen LogP contribution in [0.1, 0.15) is 28.7 Å². The Hall–Kier alpha value is -0.780. The number of hydrogen-bond acceptors (Lipinski definition) is 5. The molecule has 2 aromatic heterocycles. The second-order valence-electron chi connectivity index (χ2n) is 4.16. The molecule has 0 aliphatic carbocycles. The van der Waals surface area contributed by atoms with E-state index in [-0.39, 0.29) is 5.54 Å². The Morgan fingerprint density at radius 2 is 2.19 bits per heavy atom. The van der Waals surface area contributed by atoms with Gasteiger partial charge < -0.3 is 5.32 Å². The molecule has 86 valence electrons. The molecule has 0 aliphatic heterocycles. The maximum absolute atomic E-state index is 4.35. The highest BCUT2D eigenvalue weighted by atomic mass is 32.1. The minimum atomic E-state index is -0.0773. The van der Waals surface area contributed by atoms with Gasteiger partial charge in [-0.05, 0) is 20.8 Å². The van der Waals surface area contributed by atoms with Crippen LogP contribution in [0.4, 0.5) is 0 Å². The summed E-state index contributed by atoms with van der Waals surface area (Å²) in [5, 5.41) is 7.75. The molecule has 0 atom stereocenters. The summed E-state index contributed by atoms with van der Waals surface area (Å²) in [4.78, 5) is 9.86. The highest BCUT2D eigenvalue weighted by Gasteiger charge is 2.22. The number of aryl methyl sites for hydroxylation is 1. The van der Waals surface area contributed by atoms with Crippen molar-refractivity contribution in [2.45, 2.75) is 32.9 Å². The Morgan fingerprint density at radius 1 is 1.38 bits per heavy atom. The summed E-state index contributed by atoms with van der Waals surface area (Å²) in [6.07, 6.45) is 3.78. The molecule has 0 spiro atoms. The third-order valence-electron chi connectivity index (χ3n) is 2.34. The third-order valence-corrected chi connectivity index (χ3v) is 4.35. The van der Waals surface area contributed by atoms with Crippen LogP contribution in [0, 0.1) is 6.92 Å². The fourth-order valence-corrected chi connectivity index (χ4v) is 2.88. The zero-order valence-electron chi connectivity index (χ0n) is 9.65. The first-order chi connectivity index (χ1) is 7.58. The first-order valence-electron chi connectivity index (χ1n) is 5.14. The Kier molecular flexibility index (Phi) is 3.37. The molecule has 3 nitrogen and oxygen atoms in total. The molecule has 0 bridgehead atoms. The molecule has 0 saturated heterocycles. The number of aromatic nitrogens is 2. The summed E-state index contributed by atoms with van der Waals surface area (Å²) < 4.78 is 0. The van der Waals surface area contributed by atoms with Crippen LogP contribution in [-0.4, -0.2) is 9.97 Å². The van der Waals surface area contributed by atoms with Gasteiger partial charge >= 0.3 is 0 Å². The van der Waals surface area contributed by atoms with E-state index in [0.717, 1.165) is 16.6 Å². The van der Waals surface area contributed by atoms with Gasteiger partial charge in [-0.25, -0.2) is 9.97 Å². The standard InChI is InChI=1S/C11H15N3S2/c1-8-13-6-9(16-8)7-14-11(2,3)10-12-4-5-15-10/h4-6,14H,7H2,1-3H3. The van der Waals surface area contributed by atoms with Crippen molar-refractivity contribution in [1.29, 1.82) is 0 Å². The molecule has 0 unspecified atom stereocenters. The predicted octanol–water partition coefficient (Wildman–Crippen LogP) is 2.93. The summed E-state index contributed by atoms with van der Waals surface area (Å²) in [7, 11) is 0. The van der Waals surface area contributed by atoms with Gasteiger partial charge in [0.1, 0.15) is 5.01 Å². The van der Waals surface area contributed by atoms with E-state index in [2.05, 4.69) is 29.1 Å². The molecular formula is C11H15N3S2. The summed E-state index contributed by atoms with van der Waals surface area (Å²) in [6, 6.07) is 0. The molecule has 0 amide bonds. The average molecular weight is 253 g/mol. The van der Waals surface area contributed by atoms with E-state index in [1.807, 2.05) is 24.7 Å². The summed E-state index contributed by atoms with van der Waals surface area (Å²) in [5.41, 5.74) is -0.0773. The summed E-state index contributed by atoms with van der Waals surface area (Å²) in [6.45, 7) is 7.18. The van der Waals surface area contributed by atoms with Crippen molar-refractivity contribution < 1.29 is 0 Å². The molecule has 2 heterocycles. The van der Waals surface area contributed by atoms with Crippen LogP contribution in [0.2, 0.25) is 0 Å². The number of rotatable bonds is 4. The minimum Gasteiger partial charge on any atom is -0.301 e. The Labute approximate surface area is 104 Å². The smallest absolute Gasteiger partial charge is 0.112 e. The van der Waals surface area contributed by atoms with Gasteiger partial charge in [0.25, 0.3) is 0 Å². The van der Waals surface area contributed by atoms with E-state index < -0.39 is 0 Å². The first-order valence-corrected chi connectivity index (χ1v) is 6.84. The maximum Gasteiger partial charge on any atom is 0.112 e. The fraction of sp³-hybridized carbons (Fsp3) is 0.455. The van der Waals surface area contributed by atoms with Gasteiger partial charge in [-0.2, -0.15) is 0 Å². The monoisotopic (exact) mass is 253 g/mol. The van der Waals surface area contributed by atoms with Crippen LogP contribution in [0.5, 0.6) is 0 Å². The lowest BCUT2D eigenvalue weighted by atomic mass is 10.1. The van der Waals surface area contributed by atoms with E-state index in [1.54, 1.807) is 22.7 Å². The van der Waals surface area contributed by atoms with Gasteiger partial charge in [-0.1, -0.05) is 0 Å². The van der Waals surface area contributed by atoms with Gasteiger partial charge in [0, 0.05) is 29.2 Å². The molecule has 0 fully saturated rings. The first kappa shape index (κ1) is 11.7. The van der Waals surface area contributed by atoms with Crippen molar-refractivity contribution in [3.05, 3.63) is 32.7 Å². The van der Waals surface area contributed by atoms with E-state index in [0.29, 0.717) is 0 Å². The van der Waals surface area contributed by atoms with Crippen LogP contribution in [-0.2, 0) is 12.1 Å². The highest BCUT2D eigenvalue weighted by Crippen LogP contribution is 2.23. The average Bonchev–Trinajstić information content (AvgIpc) is 2.85. The molecule has 5 heteroatoms. The van der Waals surface area contributed by atoms with Crippen molar-refractivity contribution in [3.8, 4) is 0 Å². The number of thiazole rings is 2. The minimum absolute atomic E-state index is 0.0773. The Bertz CT molecular complexity index is 446. The van der Waals surface area contributed by atoms with Crippen LogP contribution in [0.15, 0.2) is 17.8 Å². The summed E-state index contributed by atoms with van der Waals surface area (Å²) in [5.74, 6) is 0. The largest absolute Gasteiger partial charge is 0.301 e. The van der Waals surface area contributed by atoms with E-state index in [9.17, 15) is 0 Å². The molecule has 0 aliphatic rings. The lowest BCUT2D eigenvalue weighted by Crippen LogP contribution is -2.35. The topological polar surface area (TPSA) is 37.8 Å². The second-order valence-corrected chi connectivity index (χ2v) is 6.38. The molecule has 0 saturated carbocycles. The summed E-state index contributed by atoms with van der Waals surface area (Å²) >= 11 is 3.42. The maximum atomic E-state index is 4.35. The highest BCUT2D eigenvalue weighted by molar-refractivity contribution is 7.11. The molecule has 1 N–H and O–H groups in total. The molecule has 0 radical (unpaired) electrons. The van der Waals surface area contributed by atoms with Gasteiger partial charge in [-0.15, -0.1) is 22.7 Å². The lowest BCUT2D eigenvalue weighted by Gasteiger charge is -2.23. The fourth-order valence-electron chi connectivity index (χ4n) is 1.40. The molecule has 2 rings (SSSR count). The van der Waals surface area contributed by atoms with Crippen LogP contribution in [0.25, 0.3) is 0 Å². The van der Waals surface area contributed by atoms with Crippen molar-refractivity contribution in [1.82, 2.24) is 15.3 Å². The lowest BCUT2D eigenvalue weighted by molar-refractivity contribution is 0.401. The number of nitrogens with zero attached hydrogens (tertiary/aromatic N) is 2. The zero-order chi connectivity index (χ0) is 11.6. The normalized spacial score (nSPS) is 11.9. The molecular weight excluding hydrogens is 238 g/mol. The second kappa shape index (κ2) is 4.61. The van der Waals surface area contributed by atoms with Gasteiger partial charge in [-0.3, -0.25) is 0 Å². The quantitative estimate of drug-likeness (QED) is 0.910. The van der Waals surface area contributed by atoms with Gasteiger partial charge in [0.05, 0.1) is 10.5 Å². The van der Waals surface area contributed by atoms with Gasteiger partial charge in [0.15, 0.2) is 0 Å². The van der Waals surface area contributed by atoms with Crippen LogP contribution >= 0.6 is 22.7 Å². The molecule has 16 heavy (non-hydrogen) atoms. The number of hydrogen-bond donors (Lipinski definition) is 1. The molecule has 0 aromatic carbocycles. The van der Waals surface area contributed by atoms with E-state index in [1.165, 1.54) is 4.88 Å². The van der Waals surface area contributed by atoms with Crippen LogP contribution in [0.3, 0.4) is 0 Å². The number of nitrogens with one attached hydrogen (secondary N) is 1. The Balaban J connectivity index is 2.00. The van der Waals surface area contributed by atoms with Gasteiger partial charge in [0.2, 0.25) is 0 Å². The SMILES string of the molecule is Cc1ncc(CNC(C)(C)c2nccs2)s1. The Morgan fingerprint density at radius 3 is 2.75 bits per heavy atom. The molecule has 2 aromatic rings. The van der Waals surface area contributed by atoms with Crippen molar-refractivity contribution in [2.24, 2.45) is 0 Å². The van der Waals surface area contributed by atoms with Crippen molar-refractivity contribution >= 4 is 22.7 Å². The van der Waals surface area contributed by atoms with E-state index in [4.69, 9.17) is 0 Å². The zero-order valence-corrected chi connectivity index (χ0v) is 11.3. The predicted molar refractivity (Wildman–Crippen MR) is 68.8 cm³/mol.